The fourth-order valence-corrected chi connectivity index (χ4v) is 4.61. The van der Waals surface area contributed by atoms with Crippen LogP contribution in [-0.2, 0) is 15.0 Å². The first kappa shape index (κ1) is 22.6. The van der Waals surface area contributed by atoms with Gasteiger partial charge in [0.05, 0.1) is 7.11 Å². The smallest absolute Gasteiger partial charge is 0.280 e. The van der Waals surface area contributed by atoms with Crippen LogP contribution in [0, 0.1) is 0 Å². The van der Waals surface area contributed by atoms with Crippen molar-refractivity contribution in [3.63, 3.8) is 0 Å². The molecule has 2 rings (SSSR count). The van der Waals surface area contributed by atoms with Crippen molar-refractivity contribution in [2.45, 2.75) is 38.8 Å². The van der Waals surface area contributed by atoms with E-state index in [9.17, 15) is 13.2 Å². The molecule has 1 saturated heterocycles. The molecule has 1 aromatic carbocycles. The summed E-state index contributed by atoms with van der Waals surface area (Å²) in [4.78, 5) is 15.0. The molecule has 1 fully saturated rings. The quantitative estimate of drug-likeness (QED) is 0.593. The third-order valence-electron chi connectivity index (χ3n) is 5.23. The molecule has 2 unspecified atom stereocenters. The van der Waals surface area contributed by atoms with E-state index in [1.165, 1.54) is 7.05 Å². The van der Waals surface area contributed by atoms with Crippen LogP contribution in [0.5, 0.6) is 5.75 Å². The largest absolute Gasteiger partial charge is 0.497 e. The van der Waals surface area contributed by atoms with E-state index in [0.717, 1.165) is 35.9 Å². The van der Waals surface area contributed by atoms with Gasteiger partial charge < -0.3 is 15.0 Å². The minimum Gasteiger partial charge on any atom is -0.497 e. The molecule has 0 spiro atoms. The van der Waals surface area contributed by atoms with Gasteiger partial charge in [-0.25, -0.2) is 0 Å². The number of nitrogens with one attached hydrogen (secondary N) is 2. The van der Waals surface area contributed by atoms with Crippen LogP contribution in [0.1, 0.15) is 38.3 Å². The highest BCUT2D eigenvalue weighted by atomic mass is 32.2. The minimum absolute atomic E-state index is 0.259. The maximum absolute atomic E-state index is 12.7. The average molecular weight is 413 g/mol. The van der Waals surface area contributed by atoms with Crippen molar-refractivity contribution in [1.29, 1.82) is 0 Å². The van der Waals surface area contributed by atoms with Crippen molar-refractivity contribution in [3.05, 3.63) is 29.8 Å². The second kappa shape index (κ2) is 10.2. The van der Waals surface area contributed by atoms with Crippen molar-refractivity contribution in [2.75, 3.05) is 40.3 Å². The van der Waals surface area contributed by atoms with Crippen molar-refractivity contribution in [2.24, 2.45) is 0 Å². The van der Waals surface area contributed by atoms with Gasteiger partial charge in [-0.05, 0) is 50.2 Å². The predicted molar refractivity (Wildman–Crippen MR) is 109 cm³/mol. The van der Waals surface area contributed by atoms with Crippen molar-refractivity contribution >= 4 is 16.1 Å². The van der Waals surface area contributed by atoms with Crippen LogP contribution in [-0.4, -0.2) is 69.9 Å². The zero-order chi connectivity index (χ0) is 20.7. The van der Waals surface area contributed by atoms with E-state index in [1.54, 1.807) is 19.2 Å². The molecule has 0 aromatic heterocycles. The zero-order valence-electron chi connectivity index (χ0n) is 17.1. The molecule has 8 nitrogen and oxygen atoms in total. The summed E-state index contributed by atoms with van der Waals surface area (Å²) < 4.78 is 33.9. The lowest BCUT2D eigenvalue weighted by atomic mass is 9.99. The highest BCUT2D eigenvalue weighted by Gasteiger charge is 2.40. The van der Waals surface area contributed by atoms with Crippen LogP contribution < -0.4 is 14.8 Å². The zero-order valence-corrected chi connectivity index (χ0v) is 18.0. The topological polar surface area (TPSA) is 91.0 Å². The number of nitrogens with zero attached hydrogens (tertiary/aromatic N) is 2. The molecule has 2 N–H and O–H groups in total. The van der Waals surface area contributed by atoms with Gasteiger partial charge in [-0.2, -0.15) is 17.4 Å². The molecular weight excluding hydrogens is 380 g/mol. The third kappa shape index (κ3) is 5.66. The van der Waals surface area contributed by atoms with Crippen LogP contribution in [0.15, 0.2) is 24.3 Å². The SMILES string of the molecule is CCN(CC)CCCNC(=O)C1CC(c2ccc(OC)cc2)NS(=O)(=O)N1C. The maximum atomic E-state index is 12.7. The number of carbonyl (C=O) groups excluding carboxylic acids is 1. The second-order valence-electron chi connectivity index (χ2n) is 6.89. The first-order valence-electron chi connectivity index (χ1n) is 9.71. The predicted octanol–water partition coefficient (Wildman–Crippen LogP) is 1.12. The molecule has 1 aliphatic rings. The molecule has 9 heteroatoms. The fraction of sp³-hybridized carbons (Fsp3) is 0.632. The number of methoxy groups -OCH3 is 1. The van der Waals surface area contributed by atoms with E-state index in [2.05, 4.69) is 28.8 Å². The highest BCUT2D eigenvalue weighted by molar-refractivity contribution is 7.87. The molecule has 1 aliphatic heterocycles. The summed E-state index contributed by atoms with van der Waals surface area (Å²) in [6, 6.07) is 5.99. The first-order valence-corrected chi connectivity index (χ1v) is 11.2. The van der Waals surface area contributed by atoms with Crippen LogP contribution in [0.4, 0.5) is 0 Å². The van der Waals surface area contributed by atoms with Crippen LogP contribution >= 0.6 is 0 Å². The van der Waals surface area contributed by atoms with Gasteiger partial charge in [0.2, 0.25) is 5.91 Å². The molecule has 0 bridgehead atoms. The Bertz CT molecular complexity index is 735. The molecule has 1 aromatic rings. The standard InChI is InChI=1S/C19H32N4O4S/c1-5-23(6-2)13-7-12-20-19(24)18-14-17(21-28(25,26)22(18)3)15-8-10-16(27-4)11-9-15/h8-11,17-18,21H,5-7,12-14H2,1-4H3,(H,20,24). The van der Waals surface area contributed by atoms with E-state index in [4.69, 9.17) is 4.74 Å². The van der Waals surface area contributed by atoms with Gasteiger partial charge in [0.15, 0.2) is 0 Å². The van der Waals surface area contributed by atoms with Crippen LogP contribution in [0.2, 0.25) is 0 Å². The number of ether oxygens (including phenoxy) is 1. The monoisotopic (exact) mass is 412 g/mol. The number of likely N-dealkylation sites (N-methyl/N-ethyl adjacent to an activating group) is 1. The maximum Gasteiger partial charge on any atom is 0.280 e. The molecular formula is C19H32N4O4S. The van der Waals surface area contributed by atoms with Gasteiger partial charge >= 0.3 is 0 Å². The number of hydrogen-bond acceptors (Lipinski definition) is 5. The molecule has 28 heavy (non-hydrogen) atoms. The lowest BCUT2D eigenvalue weighted by Crippen LogP contribution is -2.57. The Morgan fingerprint density at radius 3 is 2.50 bits per heavy atom. The summed E-state index contributed by atoms with van der Waals surface area (Å²) in [5, 5.41) is 2.89. The Kier molecular flexibility index (Phi) is 8.23. The lowest BCUT2D eigenvalue weighted by Gasteiger charge is -2.36. The van der Waals surface area contributed by atoms with Crippen molar-refractivity contribution in [1.82, 2.24) is 19.2 Å². The van der Waals surface area contributed by atoms with E-state index in [1.807, 2.05) is 12.1 Å². The first-order chi connectivity index (χ1) is 13.3. The summed E-state index contributed by atoms with van der Waals surface area (Å²) in [6.07, 6.45) is 1.20. The summed E-state index contributed by atoms with van der Waals surface area (Å²) in [5.41, 5.74) is 0.803. The normalized spacial score (nSPS) is 22.2. The molecule has 0 saturated carbocycles. The van der Waals surface area contributed by atoms with Gasteiger partial charge in [0, 0.05) is 19.6 Å². The summed E-state index contributed by atoms with van der Waals surface area (Å²) >= 11 is 0. The Hall–Kier alpha value is -1.68. The van der Waals surface area contributed by atoms with Gasteiger partial charge in [-0.15, -0.1) is 0 Å². The molecule has 1 amide bonds. The van der Waals surface area contributed by atoms with Gasteiger partial charge in [-0.3, -0.25) is 4.79 Å². The van der Waals surface area contributed by atoms with E-state index in [-0.39, 0.29) is 5.91 Å². The summed E-state index contributed by atoms with van der Waals surface area (Å²) in [5.74, 6) is 0.438. The van der Waals surface area contributed by atoms with Crippen LogP contribution in [0.25, 0.3) is 0 Å². The van der Waals surface area contributed by atoms with E-state index >= 15 is 0 Å². The van der Waals surface area contributed by atoms with E-state index < -0.39 is 22.3 Å². The van der Waals surface area contributed by atoms with Gasteiger partial charge in [-0.1, -0.05) is 26.0 Å². The lowest BCUT2D eigenvalue weighted by molar-refractivity contribution is -0.125. The number of carbonyl (C=O) groups is 1. The summed E-state index contributed by atoms with van der Waals surface area (Å²) in [7, 11) is -0.723. The Balaban J connectivity index is 2.01. The average Bonchev–Trinajstić information content (AvgIpc) is 2.69. The van der Waals surface area contributed by atoms with Crippen molar-refractivity contribution < 1.29 is 17.9 Å². The third-order valence-corrected chi connectivity index (χ3v) is 6.83. The fourth-order valence-electron chi connectivity index (χ4n) is 3.33. The molecule has 158 valence electrons. The molecule has 0 aliphatic carbocycles. The van der Waals surface area contributed by atoms with Gasteiger partial charge in [0.25, 0.3) is 10.2 Å². The molecule has 1 heterocycles. The minimum atomic E-state index is -3.74. The Labute approximate surface area is 168 Å². The number of rotatable bonds is 9. The number of amides is 1. The highest BCUT2D eigenvalue weighted by Crippen LogP contribution is 2.28. The number of benzene rings is 1. The second-order valence-corrected chi connectivity index (χ2v) is 8.65. The number of hydrogen-bond donors (Lipinski definition) is 2. The Morgan fingerprint density at radius 2 is 1.93 bits per heavy atom. The van der Waals surface area contributed by atoms with E-state index in [0.29, 0.717) is 18.7 Å². The molecule has 0 radical (unpaired) electrons. The Morgan fingerprint density at radius 1 is 1.29 bits per heavy atom. The van der Waals surface area contributed by atoms with Gasteiger partial charge in [0.1, 0.15) is 11.8 Å². The summed E-state index contributed by atoms with van der Waals surface area (Å²) in [6.45, 7) is 7.60. The van der Waals surface area contributed by atoms with Crippen LogP contribution in [0.3, 0.4) is 0 Å². The molecule has 2 atom stereocenters. The van der Waals surface area contributed by atoms with Crippen molar-refractivity contribution in [3.8, 4) is 5.75 Å².